The molecule has 2 aliphatic carbocycles. The molecule has 156 valence electrons. The summed E-state index contributed by atoms with van der Waals surface area (Å²) in [7, 11) is 0. The molecule has 2 bridgehead atoms. The molecule has 4 unspecified atom stereocenters. The summed E-state index contributed by atoms with van der Waals surface area (Å²) in [6.45, 7) is 0. The Balaban J connectivity index is 1.71. The molecule has 0 aromatic carbocycles. The molecule has 1 heterocycles. The van der Waals surface area contributed by atoms with Crippen LogP contribution in [0, 0.1) is 11.8 Å². The lowest BCUT2D eigenvalue weighted by Gasteiger charge is -2.28. The summed E-state index contributed by atoms with van der Waals surface area (Å²) >= 11 is 0. The first-order valence-electron chi connectivity index (χ1n) is 12.6. The SMILES string of the molecule is O=C1C2CCCCCCCCCCC(C2)NC2CCCCCCCCCC12. The third-order valence-electron chi connectivity index (χ3n) is 7.66. The van der Waals surface area contributed by atoms with Crippen molar-refractivity contribution in [2.24, 2.45) is 11.8 Å². The van der Waals surface area contributed by atoms with Crippen LogP contribution < -0.4 is 5.32 Å². The standard InChI is InChI=1S/C25H45NO/c27-25-21-16-12-8-4-1-2-5-9-13-17-22(20-21)26-24-19-15-11-7-3-6-10-14-18-23(24)25/h21-24,26H,1-20H2. The highest BCUT2D eigenvalue weighted by Gasteiger charge is 2.37. The molecular formula is C25H45NO. The Bertz CT molecular complexity index is 421. The zero-order chi connectivity index (χ0) is 18.7. The molecule has 3 fully saturated rings. The smallest absolute Gasteiger partial charge is 0.140 e. The summed E-state index contributed by atoms with van der Waals surface area (Å²) in [5, 5.41) is 4.06. The second kappa shape index (κ2) is 12.2. The Morgan fingerprint density at radius 1 is 0.556 bits per heavy atom. The first-order chi connectivity index (χ1) is 13.3. The molecule has 2 heteroatoms. The third kappa shape index (κ3) is 7.18. The maximum atomic E-state index is 13.6. The fourth-order valence-electron chi connectivity index (χ4n) is 5.99. The number of Topliss-reactive ketones (excluding diaryl/α,β-unsaturated/α-hetero) is 1. The van der Waals surface area contributed by atoms with E-state index in [0.717, 1.165) is 12.8 Å². The largest absolute Gasteiger partial charge is 0.310 e. The van der Waals surface area contributed by atoms with Crippen molar-refractivity contribution in [1.82, 2.24) is 5.32 Å². The Kier molecular flexibility index (Phi) is 9.68. The molecule has 27 heavy (non-hydrogen) atoms. The Hall–Kier alpha value is -0.370. The molecule has 1 N–H and O–H groups in total. The van der Waals surface area contributed by atoms with Gasteiger partial charge in [0.1, 0.15) is 5.78 Å². The number of ketones is 1. The minimum absolute atomic E-state index is 0.311. The first-order valence-corrected chi connectivity index (χ1v) is 12.6. The van der Waals surface area contributed by atoms with Crippen LogP contribution in [0.4, 0.5) is 0 Å². The molecule has 2 saturated carbocycles. The second-order valence-electron chi connectivity index (χ2n) is 9.87. The van der Waals surface area contributed by atoms with Gasteiger partial charge in [-0.25, -0.2) is 0 Å². The van der Waals surface area contributed by atoms with Crippen molar-refractivity contribution in [1.29, 1.82) is 0 Å². The fraction of sp³-hybridized carbons (Fsp3) is 0.960. The summed E-state index contributed by atoms with van der Waals surface area (Å²) in [5.41, 5.74) is 0. The van der Waals surface area contributed by atoms with E-state index in [-0.39, 0.29) is 0 Å². The zero-order valence-electron chi connectivity index (χ0n) is 17.9. The first kappa shape index (κ1) is 21.3. The average molecular weight is 376 g/mol. The predicted molar refractivity (Wildman–Crippen MR) is 115 cm³/mol. The summed E-state index contributed by atoms with van der Waals surface area (Å²) in [6.07, 6.45) is 26.5. The van der Waals surface area contributed by atoms with Gasteiger partial charge in [-0.3, -0.25) is 4.79 Å². The van der Waals surface area contributed by atoms with E-state index in [1.165, 1.54) is 116 Å². The molecule has 3 aliphatic rings. The van der Waals surface area contributed by atoms with Crippen LogP contribution in [0.5, 0.6) is 0 Å². The van der Waals surface area contributed by atoms with Gasteiger partial charge in [0, 0.05) is 23.9 Å². The summed E-state index contributed by atoms with van der Waals surface area (Å²) in [5.74, 6) is 1.32. The molecule has 0 amide bonds. The predicted octanol–water partition coefficient (Wildman–Crippen LogP) is 6.96. The van der Waals surface area contributed by atoms with Crippen LogP contribution in [0.15, 0.2) is 0 Å². The monoisotopic (exact) mass is 375 g/mol. The molecule has 0 spiro atoms. The van der Waals surface area contributed by atoms with Crippen molar-refractivity contribution in [3.63, 3.8) is 0 Å². The third-order valence-corrected chi connectivity index (χ3v) is 7.66. The van der Waals surface area contributed by atoms with Gasteiger partial charge in [0.05, 0.1) is 0 Å². The van der Waals surface area contributed by atoms with Gasteiger partial charge in [0.2, 0.25) is 0 Å². The average Bonchev–Trinajstić information content (AvgIpc) is 2.80. The number of nitrogens with one attached hydrogen (secondary N) is 1. The highest BCUT2D eigenvalue weighted by Crippen LogP contribution is 2.33. The van der Waals surface area contributed by atoms with E-state index >= 15 is 0 Å². The van der Waals surface area contributed by atoms with E-state index in [9.17, 15) is 4.79 Å². The molecule has 1 aliphatic heterocycles. The second-order valence-corrected chi connectivity index (χ2v) is 9.87. The summed E-state index contributed by atoms with van der Waals surface area (Å²) < 4.78 is 0. The Morgan fingerprint density at radius 3 is 1.67 bits per heavy atom. The lowest BCUT2D eigenvalue weighted by Crippen LogP contribution is -2.42. The molecular weight excluding hydrogens is 330 g/mol. The lowest BCUT2D eigenvalue weighted by atomic mass is 9.80. The molecule has 0 aromatic rings. The van der Waals surface area contributed by atoms with Gasteiger partial charge in [-0.15, -0.1) is 0 Å². The van der Waals surface area contributed by atoms with Gasteiger partial charge in [-0.2, -0.15) is 0 Å². The van der Waals surface area contributed by atoms with Crippen LogP contribution in [0.2, 0.25) is 0 Å². The van der Waals surface area contributed by atoms with Gasteiger partial charge in [-0.1, -0.05) is 96.3 Å². The van der Waals surface area contributed by atoms with Crippen molar-refractivity contribution < 1.29 is 4.79 Å². The number of carbonyl (C=O) groups is 1. The minimum atomic E-state index is 0.311. The topological polar surface area (TPSA) is 29.1 Å². The quantitative estimate of drug-likeness (QED) is 0.496. The maximum absolute atomic E-state index is 13.6. The molecule has 3 rings (SSSR count). The van der Waals surface area contributed by atoms with Crippen LogP contribution in [-0.2, 0) is 4.79 Å². The van der Waals surface area contributed by atoms with Gasteiger partial charge in [0.25, 0.3) is 0 Å². The van der Waals surface area contributed by atoms with E-state index < -0.39 is 0 Å². The number of hydrogen-bond acceptors (Lipinski definition) is 2. The van der Waals surface area contributed by atoms with Crippen molar-refractivity contribution in [3.05, 3.63) is 0 Å². The highest BCUT2D eigenvalue weighted by molar-refractivity contribution is 5.84. The number of hydrogen-bond donors (Lipinski definition) is 1. The Morgan fingerprint density at radius 2 is 1.04 bits per heavy atom. The van der Waals surface area contributed by atoms with Gasteiger partial charge >= 0.3 is 0 Å². The van der Waals surface area contributed by atoms with E-state index in [1.807, 2.05) is 0 Å². The van der Waals surface area contributed by atoms with Gasteiger partial charge in [0.15, 0.2) is 0 Å². The lowest BCUT2D eigenvalue weighted by molar-refractivity contribution is -0.127. The van der Waals surface area contributed by atoms with Crippen molar-refractivity contribution >= 4 is 5.78 Å². The van der Waals surface area contributed by atoms with Crippen molar-refractivity contribution in [2.45, 2.75) is 141 Å². The maximum Gasteiger partial charge on any atom is 0.140 e. The summed E-state index contributed by atoms with van der Waals surface area (Å²) in [6, 6.07) is 1.07. The molecule has 0 radical (unpaired) electrons. The van der Waals surface area contributed by atoms with Crippen LogP contribution in [-0.4, -0.2) is 17.9 Å². The van der Waals surface area contributed by atoms with Crippen molar-refractivity contribution in [3.8, 4) is 0 Å². The zero-order valence-corrected chi connectivity index (χ0v) is 17.9. The fourth-order valence-corrected chi connectivity index (χ4v) is 5.99. The molecule has 0 aromatic heterocycles. The normalized spacial score (nSPS) is 36.1. The Labute approximate surface area is 168 Å². The van der Waals surface area contributed by atoms with Crippen LogP contribution in [0.25, 0.3) is 0 Å². The van der Waals surface area contributed by atoms with E-state index in [1.54, 1.807) is 0 Å². The minimum Gasteiger partial charge on any atom is -0.310 e. The molecule has 2 nitrogen and oxygen atoms in total. The van der Waals surface area contributed by atoms with E-state index in [4.69, 9.17) is 0 Å². The number of fused-ring (bicyclic) bond motifs is 3. The van der Waals surface area contributed by atoms with Crippen LogP contribution in [0.3, 0.4) is 0 Å². The number of carbonyl (C=O) groups excluding carboxylic acids is 1. The van der Waals surface area contributed by atoms with Crippen LogP contribution >= 0.6 is 0 Å². The van der Waals surface area contributed by atoms with Crippen LogP contribution in [0.1, 0.15) is 128 Å². The van der Waals surface area contributed by atoms with E-state index in [0.29, 0.717) is 29.7 Å². The summed E-state index contributed by atoms with van der Waals surface area (Å²) in [4.78, 5) is 13.6. The van der Waals surface area contributed by atoms with Gasteiger partial charge < -0.3 is 5.32 Å². The van der Waals surface area contributed by atoms with E-state index in [2.05, 4.69) is 5.32 Å². The van der Waals surface area contributed by atoms with Gasteiger partial charge in [-0.05, 0) is 32.1 Å². The highest BCUT2D eigenvalue weighted by atomic mass is 16.1. The number of rotatable bonds is 0. The molecule has 1 saturated heterocycles. The van der Waals surface area contributed by atoms with Crippen molar-refractivity contribution in [2.75, 3.05) is 0 Å². The molecule has 4 atom stereocenters.